The Morgan fingerprint density at radius 2 is 1.02 bits per heavy atom. The molecule has 10 aromatic carbocycles. The van der Waals surface area contributed by atoms with Crippen molar-refractivity contribution in [3.63, 3.8) is 0 Å². The van der Waals surface area contributed by atoms with Crippen molar-refractivity contribution < 1.29 is 4.42 Å². The summed E-state index contributed by atoms with van der Waals surface area (Å²) in [6.07, 6.45) is 0. The summed E-state index contributed by atoms with van der Waals surface area (Å²) >= 11 is 0. The van der Waals surface area contributed by atoms with E-state index in [9.17, 15) is 0 Å². The Morgan fingerprint density at radius 1 is 0.415 bits per heavy atom. The maximum absolute atomic E-state index is 6.61. The van der Waals surface area contributed by atoms with Crippen LogP contribution in [0.4, 0.5) is 17.1 Å². The zero-order chi connectivity index (χ0) is 43.0. The van der Waals surface area contributed by atoms with Gasteiger partial charge in [-0.1, -0.05) is 165 Å². The van der Waals surface area contributed by atoms with Gasteiger partial charge in [0.15, 0.2) is 0 Å². The molecule has 12 aromatic rings. The molecular formula is C61H42N2OSi. The molecule has 0 saturated carbocycles. The molecule has 4 heteroatoms. The van der Waals surface area contributed by atoms with Crippen LogP contribution in [0.3, 0.4) is 0 Å². The van der Waals surface area contributed by atoms with Crippen molar-refractivity contribution in [2.75, 3.05) is 4.90 Å². The van der Waals surface area contributed by atoms with Crippen molar-refractivity contribution in [3.8, 4) is 16.8 Å². The van der Waals surface area contributed by atoms with Crippen LogP contribution in [0.15, 0.2) is 223 Å². The molecule has 2 aromatic heterocycles. The van der Waals surface area contributed by atoms with Crippen LogP contribution >= 0.6 is 0 Å². The highest BCUT2D eigenvalue weighted by Crippen LogP contribution is 2.56. The molecule has 65 heavy (non-hydrogen) atoms. The number of aromatic nitrogens is 1. The first-order valence-electron chi connectivity index (χ1n) is 22.7. The number of fused-ring (bicyclic) bond motifs is 14. The molecule has 0 saturated heterocycles. The molecule has 0 N–H and O–H groups in total. The maximum atomic E-state index is 6.61. The first-order valence-corrected chi connectivity index (χ1v) is 25.7. The summed E-state index contributed by atoms with van der Waals surface area (Å²) in [7, 11) is -2.35. The van der Waals surface area contributed by atoms with Gasteiger partial charge in [-0.15, -0.1) is 0 Å². The fraction of sp³-hybridized carbons (Fsp3) is 0.0492. The predicted molar refractivity (Wildman–Crippen MR) is 274 cm³/mol. The van der Waals surface area contributed by atoms with Gasteiger partial charge in [0.2, 0.25) is 0 Å². The Kier molecular flexibility index (Phi) is 7.48. The van der Waals surface area contributed by atoms with Crippen LogP contribution < -0.4 is 15.3 Å². The molecular weight excluding hydrogens is 805 g/mol. The second-order valence-electron chi connectivity index (χ2n) is 18.4. The van der Waals surface area contributed by atoms with Crippen LogP contribution in [-0.4, -0.2) is 12.6 Å². The average Bonchev–Trinajstić information content (AvgIpc) is 3.90. The lowest BCUT2D eigenvalue weighted by atomic mass is 9.59. The monoisotopic (exact) mass is 846 g/mol. The van der Waals surface area contributed by atoms with Gasteiger partial charge in [0.05, 0.1) is 16.4 Å². The zero-order valence-electron chi connectivity index (χ0n) is 36.1. The lowest BCUT2D eigenvalue weighted by Gasteiger charge is -2.50. The van der Waals surface area contributed by atoms with Crippen LogP contribution in [0.1, 0.15) is 22.3 Å². The van der Waals surface area contributed by atoms with Crippen molar-refractivity contribution in [3.05, 3.63) is 241 Å². The van der Waals surface area contributed by atoms with Gasteiger partial charge in [-0.05, 0) is 115 Å². The smallest absolute Gasteiger partial charge is 0.137 e. The molecule has 14 rings (SSSR count). The molecule has 1 atom stereocenters. The van der Waals surface area contributed by atoms with Crippen molar-refractivity contribution in [2.45, 2.75) is 18.5 Å². The lowest BCUT2D eigenvalue weighted by Crippen LogP contribution is -2.63. The van der Waals surface area contributed by atoms with Gasteiger partial charge in [-0.2, -0.15) is 0 Å². The Balaban J connectivity index is 1.07. The minimum atomic E-state index is -2.35. The minimum absolute atomic E-state index is 0.509. The van der Waals surface area contributed by atoms with Crippen molar-refractivity contribution in [2.24, 2.45) is 0 Å². The van der Waals surface area contributed by atoms with Crippen LogP contribution in [0.2, 0.25) is 13.1 Å². The van der Waals surface area contributed by atoms with Gasteiger partial charge in [-0.3, -0.25) is 0 Å². The lowest BCUT2D eigenvalue weighted by molar-refractivity contribution is 0.669. The van der Waals surface area contributed by atoms with Crippen molar-refractivity contribution >= 4 is 90.0 Å². The van der Waals surface area contributed by atoms with E-state index in [1.807, 2.05) is 6.07 Å². The highest BCUT2D eigenvalue weighted by atomic mass is 28.3. The van der Waals surface area contributed by atoms with Crippen LogP contribution in [0, 0.1) is 0 Å². The van der Waals surface area contributed by atoms with Crippen LogP contribution in [0.5, 0.6) is 0 Å². The first-order chi connectivity index (χ1) is 32.0. The molecule has 1 aliphatic heterocycles. The first kappa shape index (κ1) is 36.5. The van der Waals surface area contributed by atoms with E-state index in [0.717, 1.165) is 50.2 Å². The van der Waals surface area contributed by atoms with Crippen LogP contribution in [0.25, 0.3) is 71.3 Å². The molecule has 3 nitrogen and oxygen atoms in total. The normalized spacial score (nSPS) is 15.7. The summed E-state index contributed by atoms with van der Waals surface area (Å²) in [6.45, 7) is 5.11. The number of furan rings is 1. The van der Waals surface area contributed by atoms with Gasteiger partial charge < -0.3 is 13.9 Å². The molecule has 1 unspecified atom stereocenters. The van der Waals surface area contributed by atoms with Gasteiger partial charge in [0.1, 0.15) is 19.2 Å². The van der Waals surface area contributed by atoms with E-state index in [4.69, 9.17) is 4.42 Å². The van der Waals surface area contributed by atoms with Gasteiger partial charge >= 0.3 is 0 Å². The fourth-order valence-electron chi connectivity index (χ4n) is 12.1. The highest BCUT2D eigenvalue weighted by molar-refractivity contribution is 7.01. The predicted octanol–water partition coefficient (Wildman–Crippen LogP) is 14.8. The third kappa shape index (κ3) is 4.89. The van der Waals surface area contributed by atoms with Crippen molar-refractivity contribution in [1.82, 2.24) is 4.57 Å². The number of rotatable bonds is 4. The summed E-state index contributed by atoms with van der Waals surface area (Å²) in [5.74, 6) is 0. The van der Waals surface area contributed by atoms with E-state index in [2.05, 4.69) is 235 Å². The average molecular weight is 847 g/mol. The van der Waals surface area contributed by atoms with Gasteiger partial charge in [0.25, 0.3) is 0 Å². The van der Waals surface area contributed by atoms with Gasteiger partial charge in [-0.25, -0.2) is 0 Å². The second-order valence-corrected chi connectivity index (χ2v) is 22.7. The molecule has 0 bridgehead atoms. The topological polar surface area (TPSA) is 21.3 Å². The Hall–Kier alpha value is -7.92. The molecule has 1 aliphatic carbocycles. The third-order valence-corrected chi connectivity index (χ3v) is 18.4. The molecule has 0 fully saturated rings. The quantitative estimate of drug-likeness (QED) is 0.165. The number of nitrogens with zero attached hydrogens (tertiary/aromatic N) is 2. The van der Waals surface area contributed by atoms with Gasteiger partial charge in [0, 0.05) is 50.4 Å². The van der Waals surface area contributed by atoms with E-state index in [1.165, 1.54) is 70.8 Å². The Bertz CT molecular complexity index is 3950. The Labute approximate surface area is 378 Å². The molecule has 1 spiro atoms. The largest absolute Gasteiger partial charge is 0.456 e. The number of hydrogen-bond donors (Lipinski definition) is 0. The van der Waals surface area contributed by atoms with Crippen LogP contribution in [-0.2, 0) is 5.41 Å². The van der Waals surface area contributed by atoms with E-state index < -0.39 is 13.5 Å². The third-order valence-electron chi connectivity index (χ3n) is 14.8. The van der Waals surface area contributed by atoms with E-state index in [-0.39, 0.29) is 0 Å². The second kappa shape index (κ2) is 13.3. The van der Waals surface area contributed by atoms with Crippen molar-refractivity contribution in [1.29, 1.82) is 0 Å². The number of hydrogen-bond acceptors (Lipinski definition) is 2. The highest BCUT2D eigenvalue weighted by Gasteiger charge is 2.52. The summed E-state index contributed by atoms with van der Waals surface area (Å²) in [6, 6.07) is 81.4. The fourth-order valence-corrected chi connectivity index (χ4v) is 15.3. The number of anilines is 3. The molecule has 0 radical (unpaired) electrons. The molecule has 306 valence electrons. The summed E-state index contributed by atoms with van der Waals surface area (Å²) in [4.78, 5) is 2.46. The molecule has 0 amide bonds. The number of benzene rings is 10. The SMILES string of the molecule is C[Si]1(C)c2ccccc2C2(c3ccccc3-c3cccc4cccc2c34)c2ccc(N(c3ccc4c(c3)oc3ccccc34)c3ccc4c5ccccc5n(-c5ccccc5)c4c3)cc21. The van der Waals surface area contributed by atoms with E-state index in [0.29, 0.717) is 0 Å². The summed E-state index contributed by atoms with van der Waals surface area (Å²) < 4.78 is 9.02. The molecule has 3 heterocycles. The molecule has 2 aliphatic rings. The zero-order valence-corrected chi connectivity index (χ0v) is 37.1. The summed E-state index contributed by atoms with van der Waals surface area (Å²) in [5, 5.41) is 10.3. The van der Waals surface area contributed by atoms with E-state index >= 15 is 0 Å². The Morgan fingerprint density at radius 3 is 1.89 bits per heavy atom. The minimum Gasteiger partial charge on any atom is -0.456 e. The number of para-hydroxylation sites is 3. The standard InChI is InChI=1S/C61H42N2OSi/c1-65(2)58-29-13-10-25-51(58)61(50-24-9-6-20-44(50)49-23-14-16-39-17-15-26-53(61)60(39)49)52-35-32-43(38-59(52)65)62(42-31-34-48-47-22-8-12-28-56(47)64-57(48)37-42)41-30-33-46-45-21-7-11-27-54(45)63(55(46)36-41)40-18-4-3-5-19-40/h3-38H,1-2H3. The summed E-state index contributed by atoms with van der Waals surface area (Å²) in [5.41, 5.74) is 16.1. The maximum Gasteiger partial charge on any atom is 0.137 e. The van der Waals surface area contributed by atoms with E-state index in [1.54, 1.807) is 0 Å².